The number of aliphatic hydroxyl groups is 10. The fraction of sp³-hybridized carbons (Fsp3) is 0.917. The highest BCUT2D eigenvalue weighted by molar-refractivity contribution is 5.84. The zero-order chi connectivity index (χ0) is 19.1. The van der Waals surface area contributed by atoms with Crippen LogP contribution in [0.3, 0.4) is 0 Å². The highest BCUT2D eigenvalue weighted by atomic mass is 16.7. The molecule has 12 nitrogen and oxygen atoms in total. The van der Waals surface area contributed by atoms with Crippen molar-refractivity contribution in [1.82, 2.24) is 0 Å². The van der Waals surface area contributed by atoms with Crippen LogP contribution in [0.15, 0.2) is 0 Å². The highest BCUT2D eigenvalue weighted by Gasteiger charge is 2.52. The van der Waals surface area contributed by atoms with Crippen molar-refractivity contribution in [3.8, 4) is 0 Å². The van der Waals surface area contributed by atoms with E-state index in [9.17, 15) is 9.90 Å². The number of carbonyl (C=O) groups excluding carboxylic acids is 1. The number of rotatable bonds is 7. The zero-order valence-corrected chi connectivity index (χ0v) is 12.6. The van der Waals surface area contributed by atoms with Crippen molar-refractivity contribution in [2.75, 3.05) is 26.4 Å². The predicted octanol–water partition coefficient (Wildman–Crippen LogP) is -6.60. The molecule has 7 atom stereocenters. The summed E-state index contributed by atoms with van der Waals surface area (Å²) in [5.41, 5.74) is 0. The molecule has 0 radical (unpaired) electrons. The molecule has 0 aromatic heterocycles. The third kappa shape index (κ3) is 5.65. The predicted molar refractivity (Wildman–Crippen MR) is 73.2 cm³/mol. The molecule has 1 unspecified atom stereocenters. The molecule has 10 N–H and O–H groups in total. The van der Waals surface area contributed by atoms with E-state index in [0.717, 1.165) is 0 Å². The molecule has 1 aliphatic rings. The van der Waals surface area contributed by atoms with Gasteiger partial charge in [-0.1, -0.05) is 0 Å². The number of hydrogen-bond donors (Lipinski definition) is 10. The Balaban J connectivity index is 0.000000441. The number of hydrogen-bond acceptors (Lipinski definition) is 12. The standard InChI is InChI=1S/2C6H12O6/c7-1-3-4(9)5(10)6(11,2-8)12-3;7-1-3(9)5(11)6(12)4(10)2-8/h3-5,7-11H,1-2H2;3,5-9,11-12H,1-2H2/t3-,4-,5+,6?;3-,5-,6-/m11/s1. The highest BCUT2D eigenvalue weighted by Crippen LogP contribution is 2.28. The van der Waals surface area contributed by atoms with Gasteiger partial charge in [0.2, 0.25) is 5.79 Å². The van der Waals surface area contributed by atoms with E-state index in [1.165, 1.54) is 0 Å². The van der Waals surface area contributed by atoms with Gasteiger partial charge in [0, 0.05) is 0 Å². The van der Waals surface area contributed by atoms with Crippen molar-refractivity contribution < 1.29 is 60.6 Å². The second-order valence-corrected chi connectivity index (χ2v) is 5.09. The Morgan fingerprint density at radius 1 is 1.08 bits per heavy atom. The Kier molecular flexibility index (Phi) is 9.94. The van der Waals surface area contributed by atoms with E-state index in [2.05, 4.69) is 4.74 Å². The van der Waals surface area contributed by atoms with Gasteiger partial charge in [-0.05, 0) is 0 Å². The first-order valence-electron chi connectivity index (χ1n) is 6.86. The van der Waals surface area contributed by atoms with E-state index in [1.54, 1.807) is 0 Å². The lowest BCUT2D eigenvalue weighted by molar-refractivity contribution is -0.248. The Hall–Kier alpha value is -0.770. The molecule has 0 bridgehead atoms. The van der Waals surface area contributed by atoms with E-state index >= 15 is 0 Å². The number of Topliss-reactive ketones (excluding diaryl/α,β-unsaturated/α-hetero) is 1. The van der Waals surface area contributed by atoms with Crippen molar-refractivity contribution in [1.29, 1.82) is 0 Å². The molecular formula is C12H24O12. The molecular weight excluding hydrogens is 336 g/mol. The van der Waals surface area contributed by atoms with Gasteiger partial charge in [0.25, 0.3) is 0 Å². The van der Waals surface area contributed by atoms with Crippen LogP contribution in [0.2, 0.25) is 0 Å². The minimum absolute atomic E-state index is 0.527. The summed E-state index contributed by atoms with van der Waals surface area (Å²) in [7, 11) is 0. The third-order valence-electron chi connectivity index (χ3n) is 3.32. The van der Waals surface area contributed by atoms with Crippen LogP contribution in [0.5, 0.6) is 0 Å². The number of aliphatic hydroxyl groups excluding tert-OH is 9. The van der Waals surface area contributed by atoms with Gasteiger partial charge >= 0.3 is 0 Å². The van der Waals surface area contributed by atoms with E-state index in [1.807, 2.05) is 0 Å². The average Bonchev–Trinajstić information content (AvgIpc) is 2.83. The average molecular weight is 360 g/mol. The summed E-state index contributed by atoms with van der Waals surface area (Å²) >= 11 is 0. The largest absolute Gasteiger partial charge is 0.394 e. The van der Waals surface area contributed by atoms with Crippen LogP contribution in [-0.4, -0.2) is 126 Å². The van der Waals surface area contributed by atoms with Crippen LogP contribution in [0.1, 0.15) is 0 Å². The van der Waals surface area contributed by atoms with Crippen molar-refractivity contribution >= 4 is 5.78 Å². The first kappa shape index (κ1) is 23.2. The lowest BCUT2D eigenvalue weighted by Crippen LogP contribution is -2.46. The van der Waals surface area contributed by atoms with Gasteiger partial charge in [-0.25, -0.2) is 0 Å². The van der Waals surface area contributed by atoms with Crippen LogP contribution >= 0.6 is 0 Å². The molecule has 0 aromatic rings. The van der Waals surface area contributed by atoms with E-state index < -0.39 is 74.6 Å². The quantitative estimate of drug-likeness (QED) is 0.204. The second kappa shape index (κ2) is 10.3. The SMILES string of the molecule is O=C(CO)[C@@H](O)[C@H](O)[C@H](O)CO.OC[C@H]1OC(O)(CO)[C@@H](O)[C@@H]1O. The van der Waals surface area contributed by atoms with Crippen LogP contribution in [0, 0.1) is 0 Å². The molecule has 1 aliphatic heterocycles. The van der Waals surface area contributed by atoms with Crippen molar-refractivity contribution in [3.05, 3.63) is 0 Å². The third-order valence-corrected chi connectivity index (χ3v) is 3.32. The molecule has 0 saturated carbocycles. The number of ketones is 1. The van der Waals surface area contributed by atoms with E-state index in [0.29, 0.717) is 0 Å². The summed E-state index contributed by atoms with van der Waals surface area (Å²) < 4.78 is 4.63. The lowest BCUT2D eigenvalue weighted by atomic mass is 10.1. The molecule has 1 fully saturated rings. The molecule has 1 saturated heterocycles. The summed E-state index contributed by atoms with van der Waals surface area (Å²) in [6.07, 6.45) is -9.26. The molecule has 0 amide bonds. The number of ether oxygens (including phenoxy) is 1. The smallest absolute Gasteiger partial charge is 0.219 e. The minimum atomic E-state index is -2.16. The Morgan fingerprint density at radius 3 is 1.92 bits per heavy atom. The Labute approximate surface area is 136 Å². The van der Waals surface area contributed by atoms with Gasteiger partial charge in [0.05, 0.1) is 19.8 Å². The molecule has 0 aromatic carbocycles. The zero-order valence-electron chi connectivity index (χ0n) is 12.6. The Morgan fingerprint density at radius 2 is 1.62 bits per heavy atom. The molecule has 0 spiro atoms. The van der Waals surface area contributed by atoms with Gasteiger partial charge in [0.1, 0.15) is 43.2 Å². The molecule has 144 valence electrons. The van der Waals surface area contributed by atoms with Crippen molar-refractivity contribution in [2.45, 2.75) is 42.4 Å². The second-order valence-electron chi connectivity index (χ2n) is 5.09. The molecule has 12 heteroatoms. The van der Waals surface area contributed by atoms with Gasteiger partial charge in [0.15, 0.2) is 5.78 Å². The van der Waals surface area contributed by atoms with E-state index in [4.69, 9.17) is 46.0 Å². The minimum Gasteiger partial charge on any atom is -0.394 e. The number of carbonyl (C=O) groups is 1. The summed E-state index contributed by atoms with van der Waals surface area (Å²) in [5, 5.41) is 87.7. The van der Waals surface area contributed by atoms with Gasteiger partial charge in [-0.15, -0.1) is 0 Å². The van der Waals surface area contributed by atoms with Crippen LogP contribution in [0.4, 0.5) is 0 Å². The molecule has 1 rings (SSSR count). The van der Waals surface area contributed by atoms with Crippen LogP contribution < -0.4 is 0 Å². The van der Waals surface area contributed by atoms with Gasteiger partial charge < -0.3 is 55.8 Å². The molecule has 24 heavy (non-hydrogen) atoms. The summed E-state index contributed by atoms with van der Waals surface area (Å²) in [5.74, 6) is -3.16. The van der Waals surface area contributed by atoms with Gasteiger partial charge in [-0.3, -0.25) is 4.79 Å². The normalized spacial score (nSPS) is 33.3. The van der Waals surface area contributed by atoms with Crippen molar-refractivity contribution in [2.24, 2.45) is 0 Å². The molecule has 1 heterocycles. The first-order valence-corrected chi connectivity index (χ1v) is 6.86. The van der Waals surface area contributed by atoms with Crippen LogP contribution in [-0.2, 0) is 9.53 Å². The lowest BCUT2D eigenvalue weighted by Gasteiger charge is -2.22. The van der Waals surface area contributed by atoms with Crippen molar-refractivity contribution in [3.63, 3.8) is 0 Å². The monoisotopic (exact) mass is 360 g/mol. The molecule has 0 aliphatic carbocycles. The fourth-order valence-corrected chi connectivity index (χ4v) is 1.75. The van der Waals surface area contributed by atoms with Gasteiger partial charge in [-0.2, -0.15) is 0 Å². The van der Waals surface area contributed by atoms with Crippen LogP contribution in [0.25, 0.3) is 0 Å². The Bertz CT molecular complexity index is 379. The first-order chi connectivity index (χ1) is 11.1. The maximum Gasteiger partial charge on any atom is 0.219 e. The maximum atomic E-state index is 10.5. The summed E-state index contributed by atoms with van der Waals surface area (Å²) in [6, 6.07) is 0. The van der Waals surface area contributed by atoms with E-state index in [-0.39, 0.29) is 0 Å². The topological polar surface area (TPSA) is 229 Å². The summed E-state index contributed by atoms with van der Waals surface area (Å²) in [4.78, 5) is 10.5. The maximum absolute atomic E-state index is 10.5. The fourth-order valence-electron chi connectivity index (χ4n) is 1.75. The summed E-state index contributed by atoms with van der Waals surface area (Å²) in [6.45, 7) is -3.05.